The lowest BCUT2D eigenvalue weighted by molar-refractivity contribution is 0.323. The third kappa shape index (κ3) is 2.68. The van der Waals surface area contributed by atoms with Crippen LogP contribution < -0.4 is 4.74 Å². The monoisotopic (exact) mass is 251 g/mol. The molecule has 0 radical (unpaired) electrons. The first-order chi connectivity index (χ1) is 9.43. The quantitative estimate of drug-likeness (QED) is 0.715. The summed E-state index contributed by atoms with van der Waals surface area (Å²) in [6, 6.07) is 13.7. The van der Waals surface area contributed by atoms with Gasteiger partial charge in [0.05, 0.1) is 17.8 Å². The summed E-state index contributed by atoms with van der Waals surface area (Å²) in [5.41, 5.74) is 1.88. The Morgan fingerprint density at radius 1 is 0.947 bits per heavy atom. The van der Waals surface area contributed by atoms with Gasteiger partial charge in [-0.3, -0.25) is 4.98 Å². The van der Waals surface area contributed by atoms with E-state index in [1.165, 1.54) is 0 Å². The van der Waals surface area contributed by atoms with Gasteiger partial charge in [-0.2, -0.15) is 10.2 Å². The first-order valence-corrected chi connectivity index (χ1v) is 6.16. The summed E-state index contributed by atoms with van der Waals surface area (Å²) < 4.78 is 5.82. The zero-order valence-electron chi connectivity index (χ0n) is 10.4. The third-order valence-electron chi connectivity index (χ3n) is 2.85. The Kier molecular flexibility index (Phi) is 3.32. The normalized spacial score (nSPS) is 10.5. The lowest BCUT2D eigenvalue weighted by Gasteiger charge is -2.08. The maximum absolute atomic E-state index is 5.82. The highest BCUT2D eigenvalue weighted by Gasteiger charge is 2.02. The molecule has 0 unspecified atom stereocenters. The van der Waals surface area contributed by atoms with Gasteiger partial charge in [0, 0.05) is 24.2 Å². The first kappa shape index (κ1) is 11.6. The molecule has 1 aromatic carbocycles. The molecule has 0 fully saturated rings. The van der Waals surface area contributed by atoms with Crippen molar-refractivity contribution in [2.75, 3.05) is 6.61 Å². The van der Waals surface area contributed by atoms with E-state index in [-0.39, 0.29) is 0 Å². The van der Waals surface area contributed by atoms with E-state index in [2.05, 4.69) is 15.2 Å². The van der Waals surface area contributed by atoms with E-state index in [0.717, 1.165) is 28.8 Å². The molecular formula is C15H13N3O. The molecule has 3 rings (SSSR count). The molecular weight excluding hydrogens is 238 g/mol. The van der Waals surface area contributed by atoms with Crippen LogP contribution in [0.4, 0.5) is 0 Å². The van der Waals surface area contributed by atoms with Crippen LogP contribution in [0, 0.1) is 0 Å². The number of hydrogen-bond donors (Lipinski definition) is 0. The van der Waals surface area contributed by atoms with Crippen LogP contribution in [0.15, 0.2) is 54.9 Å². The molecule has 4 nitrogen and oxygen atoms in total. The molecule has 94 valence electrons. The number of hydrogen-bond acceptors (Lipinski definition) is 4. The van der Waals surface area contributed by atoms with Gasteiger partial charge < -0.3 is 4.74 Å². The standard InChI is InChI=1S/C15H13N3O/c1-2-6-14-13(5-1)15(7-10-16-14)19-11-8-12-4-3-9-17-18-12/h1-7,9-10H,8,11H2. The molecule has 0 saturated heterocycles. The van der Waals surface area contributed by atoms with Crippen molar-refractivity contribution < 1.29 is 4.74 Å². The molecule has 3 aromatic rings. The largest absolute Gasteiger partial charge is 0.492 e. The number of benzene rings is 1. The zero-order valence-corrected chi connectivity index (χ0v) is 10.4. The molecule has 0 bridgehead atoms. The minimum absolute atomic E-state index is 0.576. The topological polar surface area (TPSA) is 47.9 Å². The van der Waals surface area contributed by atoms with Gasteiger partial charge >= 0.3 is 0 Å². The van der Waals surface area contributed by atoms with Gasteiger partial charge in [0.25, 0.3) is 0 Å². The SMILES string of the molecule is c1cnnc(CCOc2ccnc3ccccc23)c1. The Bertz CT molecular complexity index is 665. The van der Waals surface area contributed by atoms with E-state index < -0.39 is 0 Å². The van der Waals surface area contributed by atoms with Gasteiger partial charge in [-0.15, -0.1) is 0 Å². The van der Waals surface area contributed by atoms with Crippen molar-refractivity contribution >= 4 is 10.9 Å². The Hall–Kier alpha value is -2.49. The molecule has 2 heterocycles. The van der Waals surface area contributed by atoms with Gasteiger partial charge in [-0.1, -0.05) is 12.1 Å². The van der Waals surface area contributed by atoms with Crippen LogP contribution in [0.3, 0.4) is 0 Å². The molecule has 0 aliphatic rings. The van der Waals surface area contributed by atoms with Crippen LogP contribution in [0.2, 0.25) is 0 Å². The highest BCUT2D eigenvalue weighted by Crippen LogP contribution is 2.23. The summed E-state index contributed by atoms with van der Waals surface area (Å²) in [6.45, 7) is 0.576. The first-order valence-electron chi connectivity index (χ1n) is 6.16. The van der Waals surface area contributed by atoms with Crippen molar-refractivity contribution in [2.24, 2.45) is 0 Å². The second kappa shape index (κ2) is 5.44. The minimum atomic E-state index is 0.576. The van der Waals surface area contributed by atoms with Gasteiger partial charge in [0.15, 0.2) is 0 Å². The summed E-state index contributed by atoms with van der Waals surface area (Å²) in [7, 11) is 0. The molecule has 0 spiro atoms. The molecule has 2 aromatic heterocycles. The van der Waals surface area contributed by atoms with Crippen LogP contribution in [0.5, 0.6) is 5.75 Å². The highest BCUT2D eigenvalue weighted by molar-refractivity contribution is 5.84. The second-order valence-electron chi connectivity index (χ2n) is 4.14. The lowest BCUT2D eigenvalue weighted by atomic mass is 10.2. The Balaban J connectivity index is 1.72. The predicted molar refractivity (Wildman–Crippen MR) is 73.0 cm³/mol. The number of ether oxygens (including phenoxy) is 1. The number of para-hydroxylation sites is 1. The van der Waals surface area contributed by atoms with Crippen molar-refractivity contribution in [3.05, 3.63) is 60.6 Å². The van der Waals surface area contributed by atoms with Gasteiger partial charge in [0.1, 0.15) is 5.75 Å². The number of nitrogens with zero attached hydrogens (tertiary/aromatic N) is 3. The summed E-state index contributed by atoms with van der Waals surface area (Å²) in [6.07, 6.45) is 4.17. The Labute approximate surface area is 111 Å². The number of rotatable bonds is 4. The fourth-order valence-corrected chi connectivity index (χ4v) is 1.93. The molecule has 0 N–H and O–H groups in total. The average molecular weight is 251 g/mol. The van der Waals surface area contributed by atoms with Crippen molar-refractivity contribution in [2.45, 2.75) is 6.42 Å². The van der Waals surface area contributed by atoms with Crippen LogP contribution in [0.25, 0.3) is 10.9 Å². The molecule has 19 heavy (non-hydrogen) atoms. The van der Waals surface area contributed by atoms with E-state index in [0.29, 0.717) is 6.61 Å². The van der Waals surface area contributed by atoms with E-state index >= 15 is 0 Å². The number of fused-ring (bicyclic) bond motifs is 1. The Morgan fingerprint density at radius 3 is 2.79 bits per heavy atom. The zero-order chi connectivity index (χ0) is 12.9. The molecule has 0 aliphatic heterocycles. The highest BCUT2D eigenvalue weighted by atomic mass is 16.5. The van der Waals surface area contributed by atoms with Crippen LogP contribution in [-0.2, 0) is 6.42 Å². The number of aromatic nitrogens is 3. The minimum Gasteiger partial charge on any atom is -0.492 e. The molecule has 0 aliphatic carbocycles. The molecule has 0 amide bonds. The van der Waals surface area contributed by atoms with Crippen molar-refractivity contribution in [1.82, 2.24) is 15.2 Å². The van der Waals surface area contributed by atoms with E-state index in [1.54, 1.807) is 12.4 Å². The van der Waals surface area contributed by atoms with E-state index in [9.17, 15) is 0 Å². The second-order valence-corrected chi connectivity index (χ2v) is 4.14. The van der Waals surface area contributed by atoms with Crippen molar-refractivity contribution in [1.29, 1.82) is 0 Å². The maximum Gasteiger partial charge on any atom is 0.130 e. The van der Waals surface area contributed by atoms with Crippen LogP contribution in [-0.4, -0.2) is 21.8 Å². The van der Waals surface area contributed by atoms with Crippen LogP contribution >= 0.6 is 0 Å². The van der Waals surface area contributed by atoms with Crippen molar-refractivity contribution in [3.8, 4) is 5.75 Å². The van der Waals surface area contributed by atoms with Gasteiger partial charge in [0.2, 0.25) is 0 Å². The van der Waals surface area contributed by atoms with Gasteiger partial charge in [-0.25, -0.2) is 0 Å². The van der Waals surface area contributed by atoms with Crippen molar-refractivity contribution in [3.63, 3.8) is 0 Å². The molecule has 0 saturated carbocycles. The van der Waals surface area contributed by atoms with E-state index in [1.807, 2.05) is 42.5 Å². The summed E-state index contributed by atoms with van der Waals surface area (Å²) in [4.78, 5) is 4.31. The molecule has 4 heteroatoms. The number of pyridine rings is 1. The van der Waals surface area contributed by atoms with E-state index in [4.69, 9.17) is 4.74 Å². The summed E-state index contributed by atoms with van der Waals surface area (Å²) >= 11 is 0. The van der Waals surface area contributed by atoms with Crippen LogP contribution in [0.1, 0.15) is 5.69 Å². The van der Waals surface area contributed by atoms with Gasteiger partial charge in [-0.05, 0) is 30.3 Å². The predicted octanol–water partition coefficient (Wildman–Crippen LogP) is 2.65. The fourth-order valence-electron chi connectivity index (χ4n) is 1.93. The smallest absolute Gasteiger partial charge is 0.130 e. The lowest BCUT2D eigenvalue weighted by Crippen LogP contribution is -2.03. The summed E-state index contributed by atoms with van der Waals surface area (Å²) in [5, 5.41) is 8.91. The fraction of sp³-hybridized carbons (Fsp3) is 0.133. The average Bonchev–Trinajstić information content (AvgIpc) is 2.49. The maximum atomic E-state index is 5.82. The molecule has 0 atom stereocenters. The summed E-state index contributed by atoms with van der Waals surface area (Å²) in [5.74, 6) is 0.856. The Morgan fingerprint density at radius 2 is 1.89 bits per heavy atom. The third-order valence-corrected chi connectivity index (χ3v) is 2.85.